The van der Waals surface area contributed by atoms with Gasteiger partial charge in [0, 0.05) is 42.1 Å². The van der Waals surface area contributed by atoms with Crippen LogP contribution in [-0.2, 0) is 13.6 Å². The minimum absolute atomic E-state index is 0.140. The molecule has 2 heterocycles. The van der Waals surface area contributed by atoms with E-state index in [9.17, 15) is 4.79 Å². The Labute approximate surface area is 112 Å². The van der Waals surface area contributed by atoms with Gasteiger partial charge in [-0.3, -0.25) is 4.79 Å². The van der Waals surface area contributed by atoms with Crippen LogP contribution in [-0.4, -0.2) is 14.9 Å². The normalized spacial score (nSPS) is 11.1. The third-order valence-electron chi connectivity index (χ3n) is 3.46. The number of hydrogen-bond acceptors (Lipinski definition) is 1. The monoisotopic (exact) mass is 252 g/mol. The molecular weight excluding hydrogens is 236 g/mol. The molecule has 96 valence electrons. The van der Waals surface area contributed by atoms with Crippen molar-refractivity contribution in [1.82, 2.24) is 9.13 Å². The van der Waals surface area contributed by atoms with E-state index in [1.807, 2.05) is 53.0 Å². The van der Waals surface area contributed by atoms with Gasteiger partial charge in [-0.05, 0) is 24.6 Å². The number of para-hydroxylation sites is 1. The maximum absolute atomic E-state index is 12.2. The zero-order chi connectivity index (χ0) is 13.4. The number of ketones is 1. The number of Topliss-reactive ketones (excluding diaryl/α,β-unsaturated/α-hetero) is 1. The van der Waals surface area contributed by atoms with Gasteiger partial charge in [0.25, 0.3) is 0 Å². The van der Waals surface area contributed by atoms with Crippen LogP contribution in [0.15, 0.2) is 48.9 Å². The Morgan fingerprint density at radius 3 is 2.68 bits per heavy atom. The molecule has 0 aliphatic carbocycles. The van der Waals surface area contributed by atoms with Gasteiger partial charge in [-0.1, -0.05) is 18.2 Å². The van der Waals surface area contributed by atoms with Crippen LogP contribution in [0.3, 0.4) is 0 Å². The molecule has 0 saturated heterocycles. The van der Waals surface area contributed by atoms with Crippen molar-refractivity contribution in [3.05, 3.63) is 60.0 Å². The van der Waals surface area contributed by atoms with E-state index in [0.717, 1.165) is 11.1 Å². The smallest absolute Gasteiger partial charge is 0.184 e. The number of fused-ring (bicyclic) bond motifs is 1. The highest BCUT2D eigenvalue weighted by Gasteiger charge is 2.11. The molecule has 0 bridgehead atoms. The van der Waals surface area contributed by atoms with Gasteiger partial charge in [0.2, 0.25) is 0 Å². The van der Waals surface area contributed by atoms with E-state index in [0.29, 0.717) is 6.54 Å². The molecule has 0 N–H and O–H groups in total. The summed E-state index contributed by atoms with van der Waals surface area (Å²) in [6.07, 6.45) is 5.80. The molecule has 3 heteroatoms. The van der Waals surface area contributed by atoms with Crippen LogP contribution in [0.4, 0.5) is 0 Å². The van der Waals surface area contributed by atoms with Crippen molar-refractivity contribution in [3.8, 4) is 0 Å². The standard InChI is InChI=1S/C16H16N2O/c1-12-9-18(15-6-4-3-5-14(12)15)11-16(19)13-7-8-17(2)10-13/h3-10H,11H2,1-2H3. The van der Waals surface area contributed by atoms with Gasteiger partial charge in [0.05, 0.1) is 6.54 Å². The van der Waals surface area contributed by atoms with Crippen LogP contribution in [0.25, 0.3) is 10.9 Å². The van der Waals surface area contributed by atoms with Gasteiger partial charge >= 0.3 is 0 Å². The van der Waals surface area contributed by atoms with Crippen LogP contribution in [0.5, 0.6) is 0 Å². The third kappa shape index (κ3) is 2.08. The average Bonchev–Trinajstić information content (AvgIpc) is 2.96. The van der Waals surface area contributed by atoms with Gasteiger partial charge < -0.3 is 9.13 Å². The van der Waals surface area contributed by atoms with Crippen molar-refractivity contribution in [3.63, 3.8) is 0 Å². The van der Waals surface area contributed by atoms with Gasteiger partial charge in [-0.25, -0.2) is 0 Å². The third-order valence-corrected chi connectivity index (χ3v) is 3.46. The SMILES string of the molecule is Cc1cn(CC(=O)c2ccn(C)c2)c2ccccc12. The fourth-order valence-corrected chi connectivity index (χ4v) is 2.48. The lowest BCUT2D eigenvalue weighted by atomic mass is 10.2. The summed E-state index contributed by atoms with van der Waals surface area (Å²) in [5, 5.41) is 1.21. The van der Waals surface area contributed by atoms with Crippen LogP contribution >= 0.6 is 0 Å². The summed E-state index contributed by atoms with van der Waals surface area (Å²) in [7, 11) is 1.92. The second-order valence-electron chi connectivity index (χ2n) is 4.95. The Bertz CT molecular complexity index is 749. The molecule has 1 aromatic carbocycles. The van der Waals surface area contributed by atoms with E-state index < -0.39 is 0 Å². The Morgan fingerprint density at radius 2 is 1.95 bits per heavy atom. The molecule has 0 saturated carbocycles. The number of aromatic nitrogens is 2. The minimum Gasteiger partial charge on any atom is -0.357 e. The summed E-state index contributed by atoms with van der Waals surface area (Å²) >= 11 is 0. The average molecular weight is 252 g/mol. The number of carbonyl (C=O) groups excluding carboxylic acids is 1. The molecule has 0 amide bonds. The topological polar surface area (TPSA) is 26.9 Å². The predicted molar refractivity (Wildman–Crippen MR) is 76.4 cm³/mol. The molecule has 0 atom stereocenters. The summed E-state index contributed by atoms with van der Waals surface area (Å²) in [4.78, 5) is 12.2. The van der Waals surface area contributed by atoms with E-state index in [1.165, 1.54) is 10.9 Å². The van der Waals surface area contributed by atoms with Crippen molar-refractivity contribution in [2.45, 2.75) is 13.5 Å². The second-order valence-corrected chi connectivity index (χ2v) is 4.95. The molecule has 3 aromatic rings. The quantitative estimate of drug-likeness (QED) is 0.658. The van der Waals surface area contributed by atoms with E-state index in [1.54, 1.807) is 0 Å². The predicted octanol–water partition coefficient (Wildman–Crippen LogP) is 3.17. The van der Waals surface area contributed by atoms with Crippen molar-refractivity contribution < 1.29 is 4.79 Å². The summed E-state index contributed by atoms with van der Waals surface area (Å²) in [6.45, 7) is 2.46. The van der Waals surface area contributed by atoms with Crippen LogP contribution < -0.4 is 0 Å². The number of rotatable bonds is 3. The first-order valence-corrected chi connectivity index (χ1v) is 6.35. The molecule has 0 aliphatic heterocycles. The summed E-state index contributed by atoms with van der Waals surface area (Å²) < 4.78 is 3.92. The maximum atomic E-state index is 12.2. The Balaban J connectivity index is 1.95. The van der Waals surface area contributed by atoms with E-state index in [2.05, 4.69) is 19.1 Å². The van der Waals surface area contributed by atoms with E-state index in [4.69, 9.17) is 0 Å². The highest BCUT2D eigenvalue weighted by molar-refractivity contribution is 5.97. The van der Waals surface area contributed by atoms with Crippen molar-refractivity contribution in [2.24, 2.45) is 7.05 Å². The van der Waals surface area contributed by atoms with Crippen LogP contribution in [0.1, 0.15) is 15.9 Å². The minimum atomic E-state index is 0.140. The molecule has 0 spiro atoms. The Hall–Kier alpha value is -2.29. The van der Waals surface area contributed by atoms with Crippen LogP contribution in [0, 0.1) is 6.92 Å². The van der Waals surface area contributed by atoms with Crippen LogP contribution in [0.2, 0.25) is 0 Å². The number of nitrogens with zero attached hydrogens (tertiary/aromatic N) is 2. The van der Waals surface area contributed by atoms with Crippen molar-refractivity contribution in [1.29, 1.82) is 0 Å². The van der Waals surface area contributed by atoms with E-state index >= 15 is 0 Å². The lowest BCUT2D eigenvalue weighted by molar-refractivity contribution is 0.0973. The van der Waals surface area contributed by atoms with Gasteiger partial charge in [0.15, 0.2) is 5.78 Å². The number of carbonyl (C=O) groups is 1. The molecule has 2 aromatic heterocycles. The summed E-state index contributed by atoms with van der Waals surface area (Å²) in [5.41, 5.74) is 3.08. The first kappa shape index (κ1) is 11.8. The Kier molecular flexibility index (Phi) is 2.75. The highest BCUT2D eigenvalue weighted by atomic mass is 16.1. The number of hydrogen-bond donors (Lipinski definition) is 0. The van der Waals surface area contributed by atoms with Crippen molar-refractivity contribution in [2.75, 3.05) is 0 Å². The molecule has 3 rings (SSSR count). The summed E-state index contributed by atoms with van der Waals surface area (Å²) in [6, 6.07) is 10.0. The Morgan fingerprint density at radius 1 is 1.16 bits per heavy atom. The largest absolute Gasteiger partial charge is 0.357 e. The highest BCUT2D eigenvalue weighted by Crippen LogP contribution is 2.20. The molecule has 0 radical (unpaired) electrons. The first-order chi connectivity index (χ1) is 9.15. The number of benzene rings is 1. The fraction of sp³-hybridized carbons (Fsp3) is 0.188. The molecule has 0 fully saturated rings. The summed E-state index contributed by atoms with van der Waals surface area (Å²) in [5.74, 6) is 0.140. The fourth-order valence-electron chi connectivity index (χ4n) is 2.48. The zero-order valence-corrected chi connectivity index (χ0v) is 11.1. The molecule has 3 nitrogen and oxygen atoms in total. The van der Waals surface area contributed by atoms with Gasteiger partial charge in [0.1, 0.15) is 0 Å². The molecular formula is C16H16N2O. The lowest BCUT2D eigenvalue weighted by Crippen LogP contribution is -2.08. The number of aryl methyl sites for hydroxylation is 2. The maximum Gasteiger partial charge on any atom is 0.184 e. The first-order valence-electron chi connectivity index (χ1n) is 6.35. The lowest BCUT2D eigenvalue weighted by Gasteiger charge is -2.03. The molecule has 0 aliphatic rings. The van der Waals surface area contributed by atoms with Gasteiger partial charge in [-0.15, -0.1) is 0 Å². The van der Waals surface area contributed by atoms with Crippen molar-refractivity contribution >= 4 is 16.7 Å². The molecule has 19 heavy (non-hydrogen) atoms. The van der Waals surface area contributed by atoms with E-state index in [-0.39, 0.29) is 5.78 Å². The zero-order valence-electron chi connectivity index (χ0n) is 11.1. The van der Waals surface area contributed by atoms with Gasteiger partial charge in [-0.2, -0.15) is 0 Å². The molecule has 0 unspecified atom stereocenters. The second kappa shape index (κ2) is 4.43.